The topological polar surface area (TPSA) is 40.2 Å². The molecule has 0 bridgehead atoms. The van der Waals surface area contributed by atoms with Crippen molar-refractivity contribution in [1.29, 1.82) is 0 Å². The molecule has 0 atom stereocenters. The number of hydrogen-bond donors (Lipinski definition) is 1. The molecule has 0 aliphatic rings. The van der Waals surface area contributed by atoms with Crippen LogP contribution < -0.4 is 5.90 Å². The van der Waals surface area contributed by atoms with Crippen LogP contribution in [0, 0.1) is 0 Å². The first-order valence-corrected chi connectivity index (χ1v) is 5.08. The third-order valence-electron chi connectivity index (χ3n) is 2.36. The lowest BCUT2D eigenvalue weighted by Gasteiger charge is -2.01. The molecule has 1 aromatic heterocycles. The van der Waals surface area contributed by atoms with Gasteiger partial charge in [-0.25, -0.2) is 5.90 Å². The van der Waals surface area contributed by atoms with Crippen molar-refractivity contribution in [2.45, 2.75) is 6.61 Å². The fraction of sp³-hybridized carbons (Fsp3) is 0.200. The Hall–Kier alpha value is -0.840. The van der Waals surface area contributed by atoms with E-state index in [-0.39, 0.29) is 0 Å². The van der Waals surface area contributed by atoms with Gasteiger partial charge in [0.1, 0.15) is 6.61 Å². The van der Waals surface area contributed by atoms with Crippen LogP contribution in [0.3, 0.4) is 0 Å². The first kappa shape index (κ1) is 9.71. The highest BCUT2D eigenvalue weighted by Crippen LogP contribution is 2.26. The number of hydrogen-bond acceptors (Lipinski definition) is 2. The molecule has 2 N–H and O–H groups in total. The lowest BCUT2D eigenvalue weighted by Crippen LogP contribution is -2.03. The number of aryl methyl sites for hydroxylation is 1. The van der Waals surface area contributed by atoms with Crippen molar-refractivity contribution in [3.05, 3.63) is 34.4 Å². The minimum atomic E-state index is 0.428. The van der Waals surface area contributed by atoms with Gasteiger partial charge in [0.25, 0.3) is 0 Å². The van der Waals surface area contributed by atoms with Gasteiger partial charge in [0, 0.05) is 28.1 Å². The van der Waals surface area contributed by atoms with Crippen LogP contribution in [0.4, 0.5) is 0 Å². The van der Waals surface area contributed by atoms with Gasteiger partial charge in [0.05, 0.1) is 0 Å². The van der Waals surface area contributed by atoms with E-state index in [1.54, 1.807) is 0 Å². The summed E-state index contributed by atoms with van der Waals surface area (Å²) in [5.74, 6) is 5.06. The SMILES string of the molecule is Cn1c(CON)cc2c(Br)cccc21. The Morgan fingerprint density at radius 3 is 2.93 bits per heavy atom. The smallest absolute Gasteiger partial charge is 0.108 e. The predicted octanol–water partition coefficient (Wildman–Crippen LogP) is 2.33. The molecule has 2 aromatic rings. The van der Waals surface area contributed by atoms with Crippen molar-refractivity contribution >= 4 is 26.8 Å². The van der Waals surface area contributed by atoms with Gasteiger partial charge < -0.3 is 4.57 Å². The fourth-order valence-corrected chi connectivity index (χ4v) is 2.07. The Balaban J connectivity index is 2.67. The highest BCUT2D eigenvalue weighted by Gasteiger charge is 2.07. The summed E-state index contributed by atoms with van der Waals surface area (Å²) in [6.45, 7) is 0.428. The Morgan fingerprint density at radius 2 is 2.29 bits per heavy atom. The van der Waals surface area contributed by atoms with Crippen LogP contribution in [0.1, 0.15) is 5.69 Å². The summed E-state index contributed by atoms with van der Waals surface area (Å²) in [4.78, 5) is 4.64. The van der Waals surface area contributed by atoms with E-state index in [4.69, 9.17) is 5.90 Å². The highest BCUT2D eigenvalue weighted by molar-refractivity contribution is 9.10. The van der Waals surface area contributed by atoms with E-state index in [2.05, 4.69) is 37.5 Å². The lowest BCUT2D eigenvalue weighted by molar-refractivity contribution is 0.119. The Morgan fingerprint density at radius 1 is 1.50 bits per heavy atom. The molecule has 0 unspecified atom stereocenters. The lowest BCUT2D eigenvalue weighted by atomic mass is 10.2. The van der Waals surface area contributed by atoms with Gasteiger partial charge >= 0.3 is 0 Å². The van der Waals surface area contributed by atoms with Crippen molar-refractivity contribution in [3.8, 4) is 0 Å². The largest absolute Gasteiger partial charge is 0.345 e. The van der Waals surface area contributed by atoms with Crippen LogP contribution >= 0.6 is 15.9 Å². The molecular formula is C10H11BrN2O. The third kappa shape index (κ3) is 1.45. The van der Waals surface area contributed by atoms with Crippen molar-refractivity contribution in [3.63, 3.8) is 0 Å². The summed E-state index contributed by atoms with van der Waals surface area (Å²) in [6.07, 6.45) is 0. The summed E-state index contributed by atoms with van der Waals surface area (Å²) in [5.41, 5.74) is 2.24. The molecule has 2 rings (SSSR count). The van der Waals surface area contributed by atoms with Crippen LogP contribution in [0.2, 0.25) is 0 Å². The van der Waals surface area contributed by atoms with E-state index in [1.807, 2.05) is 19.2 Å². The van der Waals surface area contributed by atoms with Gasteiger partial charge in [-0.3, -0.25) is 4.84 Å². The molecule has 0 aliphatic heterocycles. The number of nitrogens with zero attached hydrogens (tertiary/aromatic N) is 1. The van der Waals surface area contributed by atoms with Crippen LogP contribution in [0.5, 0.6) is 0 Å². The first-order chi connectivity index (χ1) is 6.74. The second-order valence-corrected chi connectivity index (χ2v) is 4.03. The molecule has 0 spiro atoms. The molecule has 14 heavy (non-hydrogen) atoms. The van der Waals surface area contributed by atoms with E-state index in [0.717, 1.165) is 10.2 Å². The van der Waals surface area contributed by atoms with Gasteiger partial charge in [0.2, 0.25) is 0 Å². The maximum absolute atomic E-state index is 5.06. The molecule has 3 nitrogen and oxygen atoms in total. The summed E-state index contributed by atoms with van der Waals surface area (Å²) in [7, 11) is 2.00. The zero-order valence-corrected chi connectivity index (χ0v) is 9.41. The van der Waals surface area contributed by atoms with Gasteiger partial charge in [-0.05, 0) is 18.2 Å². The normalized spacial score (nSPS) is 11.1. The zero-order valence-electron chi connectivity index (χ0n) is 7.83. The van der Waals surface area contributed by atoms with Gasteiger partial charge in [-0.15, -0.1) is 0 Å². The minimum absolute atomic E-state index is 0.428. The second kappa shape index (κ2) is 3.73. The molecule has 0 fully saturated rings. The maximum atomic E-state index is 5.06. The average molecular weight is 255 g/mol. The van der Waals surface area contributed by atoms with Crippen molar-refractivity contribution in [2.24, 2.45) is 12.9 Å². The molecule has 74 valence electrons. The van der Waals surface area contributed by atoms with Gasteiger partial charge in [0.15, 0.2) is 0 Å². The second-order valence-electron chi connectivity index (χ2n) is 3.18. The highest BCUT2D eigenvalue weighted by atomic mass is 79.9. The molecular weight excluding hydrogens is 244 g/mol. The monoisotopic (exact) mass is 254 g/mol. The molecule has 0 radical (unpaired) electrons. The van der Waals surface area contributed by atoms with E-state index >= 15 is 0 Å². The van der Waals surface area contributed by atoms with E-state index < -0.39 is 0 Å². The summed E-state index contributed by atoms with van der Waals surface area (Å²) < 4.78 is 3.17. The number of halogens is 1. The van der Waals surface area contributed by atoms with E-state index in [0.29, 0.717) is 6.61 Å². The Bertz CT molecular complexity index is 464. The number of nitrogens with two attached hydrogens (primary N) is 1. The number of fused-ring (bicyclic) bond motifs is 1. The number of rotatable bonds is 2. The van der Waals surface area contributed by atoms with E-state index in [9.17, 15) is 0 Å². The summed E-state index contributed by atoms with van der Waals surface area (Å²) in [6, 6.07) is 8.18. The standard InChI is InChI=1S/C10H11BrN2O/c1-13-7(6-14-12)5-8-9(11)3-2-4-10(8)13/h2-5H,6,12H2,1H3. The third-order valence-corrected chi connectivity index (χ3v) is 3.06. The van der Waals surface area contributed by atoms with Crippen molar-refractivity contribution in [1.82, 2.24) is 4.57 Å². The van der Waals surface area contributed by atoms with Crippen LogP contribution in [-0.2, 0) is 18.5 Å². The molecule has 1 heterocycles. The van der Waals surface area contributed by atoms with E-state index in [1.165, 1.54) is 10.9 Å². The molecule has 0 aliphatic carbocycles. The maximum Gasteiger partial charge on any atom is 0.108 e. The number of aromatic nitrogens is 1. The predicted molar refractivity (Wildman–Crippen MR) is 59.6 cm³/mol. The molecule has 0 amide bonds. The Kier molecular flexibility index (Phi) is 2.58. The molecule has 4 heteroatoms. The quantitative estimate of drug-likeness (QED) is 0.836. The number of benzene rings is 1. The fourth-order valence-electron chi connectivity index (χ4n) is 1.60. The molecule has 1 aromatic carbocycles. The van der Waals surface area contributed by atoms with Gasteiger partial charge in [-0.1, -0.05) is 22.0 Å². The van der Waals surface area contributed by atoms with Crippen LogP contribution in [0.15, 0.2) is 28.7 Å². The zero-order chi connectivity index (χ0) is 10.1. The average Bonchev–Trinajstić information content (AvgIpc) is 2.48. The molecule has 0 saturated heterocycles. The minimum Gasteiger partial charge on any atom is -0.345 e. The summed E-state index contributed by atoms with van der Waals surface area (Å²) >= 11 is 3.51. The van der Waals surface area contributed by atoms with Crippen LogP contribution in [-0.4, -0.2) is 4.57 Å². The summed E-state index contributed by atoms with van der Waals surface area (Å²) in [5, 5.41) is 1.18. The molecule has 0 saturated carbocycles. The van der Waals surface area contributed by atoms with Crippen LogP contribution in [0.25, 0.3) is 10.9 Å². The van der Waals surface area contributed by atoms with Crippen molar-refractivity contribution in [2.75, 3.05) is 0 Å². The van der Waals surface area contributed by atoms with Crippen molar-refractivity contribution < 1.29 is 4.84 Å². The first-order valence-electron chi connectivity index (χ1n) is 4.28. The van der Waals surface area contributed by atoms with Gasteiger partial charge in [-0.2, -0.15) is 0 Å². The Labute approximate surface area is 90.5 Å².